The van der Waals surface area contributed by atoms with Crippen molar-refractivity contribution < 1.29 is 35.1 Å². The van der Waals surface area contributed by atoms with Crippen LogP contribution in [-0.4, -0.2) is 55.6 Å². The highest BCUT2D eigenvalue weighted by Gasteiger charge is 2.41. The minimum Gasteiger partial charge on any atom is -0.487 e. The van der Waals surface area contributed by atoms with Gasteiger partial charge in [0.15, 0.2) is 6.61 Å². The van der Waals surface area contributed by atoms with Crippen molar-refractivity contribution in [2.75, 3.05) is 26.0 Å². The molecule has 5 nitrogen and oxygen atoms in total. The van der Waals surface area contributed by atoms with E-state index in [0.29, 0.717) is 24.9 Å². The summed E-state index contributed by atoms with van der Waals surface area (Å²) in [5.41, 5.74) is 1.74. The maximum Gasteiger partial charge on any atom is 0.340 e. The summed E-state index contributed by atoms with van der Waals surface area (Å²) in [5, 5.41) is 0.641. The van der Waals surface area contributed by atoms with E-state index in [1.54, 1.807) is 18.2 Å². The molecule has 11 heteroatoms. The van der Waals surface area contributed by atoms with Crippen molar-refractivity contribution in [3.63, 3.8) is 0 Å². The van der Waals surface area contributed by atoms with Crippen LogP contribution in [0.4, 0.5) is 22.0 Å². The molecule has 0 saturated carbocycles. The summed E-state index contributed by atoms with van der Waals surface area (Å²) in [4.78, 5) is 1.92. The number of halogens is 5. The van der Waals surface area contributed by atoms with E-state index in [0.717, 1.165) is 15.1 Å². The van der Waals surface area contributed by atoms with Crippen molar-refractivity contribution in [2.24, 2.45) is 0 Å². The first-order valence-electron chi connectivity index (χ1n) is 10.5. The Morgan fingerprint density at radius 3 is 2.56 bits per heavy atom. The molecule has 2 aromatic carbocycles. The van der Waals surface area contributed by atoms with Gasteiger partial charge in [-0.3, -0.25) is 0 Å². The van der Waals surface area contributed by atoms with E-state index in [-0.39, 0.29) is 17.0 Å². The van der Waals surface area contributed by atoms with Crippen LogP contribution in [0.3, 0.4) is 0 Å². The van der Waals surface area contributed by atoms with Crippen LogP contribution >= 0.6 is 0 Å². The van der Waals surface area contributed by atoms with Crippen molar-refractivity contribution in [3.05, 3.63) is 65.6 Å². The van der Waals surface area contributed by atoms with E-state index in [1.165, 1.54) is 37.4 Å². The van der Waals surface area contributed by atoms with Crippen LogP contribution in [-0.2, 0) is 23.0 Å². The molecular weight excluding hydrogens is 479 g/mol. The van der Waals surface area contributed by atoms with E-state index in [9.17, 15) is 30.4 Å². The standard InChI is InChI=1S/C23H25F5N2O3S/c1-3-34(31,32)30-14-17(20-8-7-18(24)12-21(20)30)9-10-29(2)13-16-5-4-6-19(11-16)33-15-23(27,28)22(25)26/h4-8,11-12,14,22H,3,9-10,13,15H2,1-2H3. The minimum absolute atomic E-state index is 0.0566. The minimum atomic E-state index is -4.24. The van der Waals surface area contributed by atoms with Gasteiger partial charge in [0.25, 0.3) is 0 Å². The van der Waals surface area contributed by atoms with Gasteiger partial charge in [-0.25, -0.2) is 25.6 Å². The molecule has 1 aromatic heterocycles. The summed E-state index contributed by atoms with van der Waals surface area (Å²) >= 11 is 0. The first-order chi connectivity index (χ1) is 15.9. The van der Waals surface area contributed by atoms with E-state index < -0.39 is 34.8 Å². The Kier molecular flexibility index (Phi) is 7.87. The van der Waals surface area contributed by atoms with Crippen molar-refractivity contribution in [3.8, 4) is 5.75 Å². The molecule has 0 bridgehead atoms. The third-order valence-corrected chi connectivity index (χ3v) is 6.98. The predicted molar refractivity (Wildman–Crippen MR) is 120 cm³/mol. The molecule has 0 spiro atoms. The maximum atomic E-state index is 13.8. The number of alkyl halides is 4. The van der Waals surface area contributed by atoms with Crippen LogP contribution in [0.5, 0.6) is 5.75 Å². The zero-order chi connectivity index (χ0) is 25.1. The molecule has 0 radical (unpaired) electrons. The SMILES string of the molecule is CCS(=O)(=O)n1cc(CCN(C)Cc2cccc(OCC(F)(F)C(F)F)c2)c2ccc(F)cc21. The summed E-state index contributed by atoms with van der Waals surface area (Å²) < 4.78 is 95.4. The van der Waals surface area contributed by atoms with Crippen molar-refractivity contribution >= 4 is 20.9 Å². The monoisotopic (exact) mass is 504 g/mol. The highest BCUT2D eigenvalue weighted by Crippen LogP contribution is 2.26. The molecule has 0 saturated heterocycles. The highest BCUT2D eigenvalue weighted by molar-refractivity contribution is 7.90. The molecule has 0 amide bonds. The summed E-state index contributed by atoms with van der Waals surface area (Å²) in [7, 11) is -1.79. The van der Waals surface area contributed by atoms with E-state index in [1.807, 2.05) is 11.9 Å². The molecule has 0 aliphatic rings. The lowest BCUT2D eigenvalue weighted by atomic mass is 10.1. The Hall–Kier alpha value is -2.66. The second-order valence-electron chi connectivity index (χ2n) is 8.00. The second kappa shape index (κ2) is 10.3. The maximum absolute atomic E-state index is 13.8. The summed E-state index contributed by atoms with van der Waals surface area (Å²) in [5.74, 6) is -4.84. The summed E-state index contributed by atoms with van der Waals surface area (Å²) in [6, 6.07) is 10.3. The fraction of sp³-hybridized carbons (Fsp3) is 0.391. The third kappa shape index (κ3) is 6.06. The van der Waals surface area contributed by atoms with Crippen LogP contribution in [0.15, 0.2) is 48.7 Å². The van der Waals surface area contributed by atoms with Crippen LogP contribution in [0.1, 0.15) is 18.1 Å². The van der Waals surface area contributed by atoms with Crippen molar-refractivity contribution in [1.29, 1.82) is 0 Å². The van der Waals surface area contributed by atoms with Gasteiger partial charge in [-0.15, -0.1) is 0 Å². The van der Waals surface area contributed by atoms with E-state index in [2.05, 4.69) is 0 Å². The first kappa shape index (κ1) is 26.0. The predicted octanol–water partition coefficient (Wildman–Crippen LogP) is 4.93. The molecule has 0 aliphatic carbocycles. The molecule has 0 N–H and O–H groups in total. The largest absolute Gasteiger partial charge is 0.487 e. The molecule has 0 unspecified atom stereocenters. The summed E-state index contributed by atoms with van der Waals surface area (Å²) in [6.45, 7) is 1.01. The molecule has 3 aromatic rings. The van der Waals surface area contributed by atoms with Gasteiger partial charge in [0, 0.05) is 24.7 Å². The number of ether oxygens (including phenoxy) is 1. The van der Waals surface area contributed by atoms with Gasteiger partial charge < -0.3 is 9.64 Å². The molecule has 3 rings (SSSR count). The average Bonchev–Trinajstić information content (AvgIpc) is 3.15. The Labute approximate surface area is 194 Å². The number of likely N-dealkylation sites (N-methyl/N-ethyl adjacent to an activating group) is 1. The molecule has 186 valence electrons. The van der Waals surface area contributed by atoms with Gasteiger partial charge in [-0.2, -0.15) is 8.78 Å². The van der Waals surface area contributed by atoms with Gasteiger partial charge in [0.05, 0.1) is 11.3 Å². The number of hydrogen-bond donors (Lipinski definition) is 0. The highest BCUT2D eigenvalue weighted by atomic mass is 32.2. The molecule has 0 aliphatic heterocycles. The van der Waals surface area contributed by atoms with Crippen molar-refractivity contribution in [2.45, 2.75) is 32.2 Å². The Morgan fingerprint density at radius 2 is 1.88 bits per heavy atom. The van der Waals surface area contributed by atoms with Crippen LogP contribution < -0.4 is 4.74 Å². The van der Waals surface area contributed by atoms with Crippen molar-refractivity contribution in [1.82, 2.24) is 8.87 Å². The first-order valence-corrected chi connectivity index (χ1v) is 12.1. The number of nitrogens with zero attached hydrogens (tertiary/aromatic N) is 2. The molecule has 0 atom stereocenters. The van der Waals surface area contributed by atoms with E-state index >= 15 is 0 Å². The second-order valence-corrected chi connectivity index (χ2v) is 10.1. The van der Waals surface area contributed by atoms with Crippen LogP contribution in [0, 0.1) is 5.82 Å². The Morgan fingerprint density at radius 1 is 1.15 bits per heavy atom. The molecule has 1 heterocycles. The van der Waals surface area contributed by atoms with Gasteiger partial charge in [-0.05, 0) is 61.9 Å². The van der Waals surface area contributed by atoms with Gasteiger partial charge in [-0.1, -0.05) is 12.1 Å². The lowest BCUT2D eigenvalue weighted by Crippen LogP contribution is -2.33. The fourth-order valence-electron chi connectivity index (χ4n) is 3.49. The number of benzene rings is 2. The summed E-state index contributed by atoms with van der Waals surface area (Å²) in [6.07, 6.45) is -1.83. The quantitative estimate of drug-likeness (QED) is 0.348. The molecule has 0 fully saturated rings. The topological polar surface area (TPSA) is 51.5 Å². The van der Waals surface area contributed by atoms with Gasteiger partial charge in [0.1, 0.15) is 11.6 Å². The zero-order valence-corrected chi connectivity index (χ0v) is 19.5. The third-order valence-electron chi connectivity index (χ3n) is 5.35. The zero-order valence-electron chi connectivity index (χ0n) is 18.6. The lowest BCUT2D eigenvalue weighted by molar-refractivity contribution is -0.148. The van der Waals surface area contributed by atoms with Crippen LogP contribution in [0.2, 0.25) is 0 Å². The fourth-order valence-corrected chi connectivity index (χ4v) is 4.50. The Balaban J connectivity index is 1.69. The van der Waals surface area contributed by atoms with E-state index in [4.69, 9.17) is 4.74 Å². The normalized spacial score (nSPS) is 12.7. The lowest BCUT2D eigenvalue weighted by Gasteiger charge is -2.18. The molecular formula is C23H25F5N2O3S. The number of fused-ring (bicyclic) bond motifs is 1. The Bertz CT molecular complexity index is 1240. The number of hydrogen-bond acceptors (Lipinski definition) is 4. The van der Waals surface area contributed by atoms with Crippen LogP contribution in [0.25, 0.3) is 10.9 Å². The average molecular weight is 505 g/mol. The smallest absolute Gasteiger partial charge is 0.340 e. The van der Waals surface area contributed by atoms with Gasteiger partial charge in [0.2, 0.25) is 10.0 Å². The number of rotatable bonds is 11. The number of aromatic nitrogens is 1. The molecule has 34 heavy (non-hydrogen) atoms. The van der Waals surface area contributed by atoms with Gasteiger partial charge >= 0.3 is 12.3 Å².